The molecule has 16 heavy (non-hydrogen) atoms. The number of nitrogens with one attached hydrogen (secondary N) is 1. The summed E-state index contributed by atoms with van der Waals surface area (Å²) in [5.41, 5.74) is 1.69. The van der Waals surface area contributed by atoms with E-state index in [9.17, 15) is 4.39 Å². The third kappa shape index (κ3) is 2.58. The number of anilines is 2. The molecule has 82 valence electrons. The molecule has 0 bridgehead atoms. The van der Waals surface area contributed by atoms with E-state index in [1.54, 1.807) is 18.3 Å². The number of aromatic nitrogens is 1. The van der Waals surface area contributed by atoms with Crippen LogP contribution in [0.1, 0.15) is 5.56 Å². The second-order valence-electron chi connectivity index (χ2n) is 3.45. The summed E-state index contributed by atoms with van der Waals surface area (Å²) in [6, 6.07) is 8.25. The van der Waals surface area contributed by atoms with Gasteiger partial charge in [0.05, 0.1) is 0 Å². The third-order valence-corrected chi connectivity index (χ3v) is 2.57. The van der Waals surface area contributed by atoms with E-state index in [2.05, 4.69) is 26.2 Å². The Balaban J connectivity index is 2.27. The molecule has 0 saturated carbocycles. The van der Waals surface area contributed by atoms with Crippen molar-refractivity contribution in [1.82, 2.24) is 4.98 Å². The Morgan fingerprint density at radius 1 is 1.31 bits per heavy atom. The highest BCUT2D eigenvalue weighted by Gasteiger charge is 2.01. The molecule has 4 heteroatoms. The standard InChI is InChI=1S/C12H10BrFN2/c1-8-5-9(13)7-15-12(8)16-11-4-2-3-10(14)6-11/h2-7H,1H3,(H,15,16). The van der Waals surface area contributed by atoms with Crippen molar-refractivity contribution < 1.29 is 4.39 Å². The summed E-state index contributed by atoms with van der Waals surface area (Å²) in [5.74, 6) is 0.466. The predicted molar refractivity (Wildman–Crippen MR) is 66.4 cm³/mol. The van der Waals surface area contributed by atoms with Crippen molar-refractivity contribution in [1.29, 1.82) is 0 Å². The zero-order chi connectivity index (χ0) is 11.5. The van der Waals surface area contributed by atoms with Crippen molar-refractivity contribution in [2.75, 3.05) is 5.32 Å². The maximum absolute atomic E-state index is 13.0. The normalized spacial score (nSPS) is 10.2. The van der Waals surface area contributed by atoms with Crippen LogP contribution in [0.25, 0.3) is 0 Å². The smallest absolute Gasteiger partial charge is 0.133 e. The highest BCUT2D eigenvalue weighted by atomic mass is 79.9. The van der Waals surface area contributed by atoms with Gasteiger partial charge < -0.3 is 5.32 Å². The Hall–Kier alpha value is -1.42. The second-order valence-corrected chi connectivity index (χ2v) is 4.37. The maximum Gasteiger partial charge on any atom is 0.133 e. The molecule has 1 N–H and O–H groups in total. The number of hydrogen-bond acceptors (Lipinski definition) is 2. The van der Waals surface area contributed by atoms with Crippen LogP contribution in [-0.2, 0) is 0 Å². The quantitative estimate of drug-likeness (QED) is 0.898. The van der Waals surface area contributed by atoms with Gasteiger partial charge in [0.1, 0.15) is 11.6 Å². The summed E-state index contributed by atoms with van der Waals surface area (Å²) in [4.78, 5) is 4.22. The molecule has 2 nitrogen and oxygen atoms in total. The number of nitrogens with zero attached hydrogens (tertiary/aromatic N) is 1. The number of rotatable bonds is 2. The van der Waals surface area contributed by atoms with Gasteiger partial charge in [-0.1, -0.05) is 6.07 Å². The second kappa shape index (κ2) is 4.61. The number of hydrogen-bond donors (Lipinski definition) is 1. The molecule has 1 heterocycles. The fourth-order valence-electron chi connectivity index (χ4n) is 1.37. The lowest BCUT2D eigenvalue weighted by molar-refractivity contribution is 0.628. The fourth-order valence-corrected chi connectivity index (χ4v) is 1.82. The van der Waals surface area contributed by atoms with Crippen LogP contribution in [0.2, 0.25) is 0 Å². The number of benzene rings is 1. The van der Waals surface area contributed by atoms with Crippen LogP contribution in [0.5, 0.6) is 0 Å². The molecule has 0 unspecified atom stereocenters. The zero-order valence-electron chi connectivity index (χ0n) is 8.67. The lowest BCUT2D eigenvalue weighted by atomic mass is 10.2. The average molecular weight is 281 g/mol. The minimum absolute atomic E-state index is 0.264. The molecule has 2 rings (SSSR count). The third-order valence-electron chi connectivity index (χ3n) is 2.13. The first-order valence-corrected chi connectivity index (χ1v) is 5.59. The monoisotopic (exact) mass is 280 g/mol. The van der Waals surface area contributed by atoms with E-state index < -0.39 is 0 Å². The molecule has 0 amide bonds. The van der Waals surface area contributed by atoms with Gasteiger partial charge in [0.2, 0.25) is 0 Å². The number of pyridine rings is 1. The number of halogens is 2. The molecule has 1 aromatic carbocycles. The van der Waals surface area contributed by atoms with E-state index >= 15 is 0 Å². The van der Waals surface area contributed by atoms with E-state index in [-0.39, 0.29) is 5.82 Å². The van der Waals surface area contributed by atoms with Crippen LogP contribution in [0.15, 0.2) is 41.0 Å². The Labute approximate surface area is 102 Å². The van der Waals surface area contributed by atoms with E-state index in [0.717, 1.165) is 15.9 Å². The van der Waals surface area contributed by atoms with Crippen molar-refractivity contribution in [3.05, 3.63) is 52.4 Å². The van der Waals surface area contributed by atoms with Crippen molar-refractivity contribution in [2.45, 2.75) is 6.92 Å². The summed E-state index contributed by atoms with van der Waals surface area (Å²) in [5, 5.41) is 3.07. The van der Waals surface area contributed by atoms with Crippen LogP contribution in [-0.4, -0.2) is 4.98 Å². The van der Waals surface area contributed by atoms with Crippen LogP contribution < -0.4 is 5.32 Å². The van der Waals surface area contributed by atoms with E-state index in [1.807, 2.05) is 13.0 Å². The molecule has 0 aliphatic rings. The first-order valence-electron chi connectivity index (χ1n) is 4.80. The van der Waals surface area contributed by atoms with Crippen molar-refractivity contribution in [3.8, 4) is 0 Å². The first-order chi connectivity index (χ1) is 7.65. The largest absolute Gasteiger partial charge is 0.340 e. The molecule has 1 aromatic heterocycles. The highest BCUT2D eigenvalue weighted by Crippen LogP contribution is 2.21. The Morgan fingerprint density at radius 3 is 2.81 bits per heavy atom. The summed E-state index contributed by atoms with van der Waals surface area (Å²) < 4.78 is 13.9. The Morgan fingerprint density at radius 2 is 2.12 bits per heavy atom. The lowest BCUT2D eigenvalue weighted by Crippen LogP contribution is -1.96. The van der Waals surface area contributed by atoms with E-state index in [1.165, 1.54) is 12.1 Å². The Bertz CT molecular complexity index is 514. The molecule has 0 fully saturated rings. The zero-order valence-corrected chi connectivity index (χ0v) is 10.3. The van der Waals surface area contributed by atoms with Crippen LogP contribution in [0.3, 0.4) is 0 Å². The van der Waals surface area contributed by atoms with Gasteiger partial charge >= 0.3 is 0 Å². The van der Waals surface area contributed by atoms with Gasteiger partial charge in [-0.3, -0.25) is 0 Å². The van der Waals surface area contributed by atoms with Crippen molar-refractivity contribution in [3.63, 3.8) is 0 Å². The molecule has 0 aliphatic carbocycles. The van der Waals surface area contributed by atoms with Crippen LogP contribution in [0.4, 0.5) is 15.9 Å². The maximum atomic E-state index is 13.0. The van der Waals surface area contributed by atoms with Crippen LogP contribution >= 0.6 is 15.9 Å². The lowest BCUT2D eigenvalue weighted by Gasteiger charge is -2.08. The SMILES string of the molecule is Cc1cc(Br)cnc1Nc1cccc(F)c1. The van der Waals surface area contributed by atoms with Gasteiger partial charge in [-0.25, -0.2) is 9.37 Å². The number of aryl methyl sites for hydroxylation is 1. The molecular formula is C12H10BrFN2. The van der Waals surface area contributed by atoms with Gasteiger partial charge in [-0.15, -0.1) is 0 Å². The van der Waals surface area contributed by atoms with Crippen molar-refractivity contribution in [2.24, 2.45) is 0 Å². The molecule has 0 spiro atoms. The molecule has 2 aromatic rings. The predicted octanol–water partition coefficient (Wildman–Crippen LogP) is 4.04. The van der Waals surface area contributed by atoms with Gasteiger partial charge in [-0.05, 0) is 52.7 Å². The van der Waals surface area contributed by atoms with Crippen LogP contribution in [0, 0.1) is 12.7 Å². The Kier molecular flexibility index (Phi) is 3.19. The topological polar surface area (TPSA) is 24.9 Å². The van der Waals surface area contributed by atoms with Gasteiger partial charge in [0.25, 0.3) is 0 Å². The minimum atomic E-state index is -0.264. The van der Waals surface area contributed by atoms with Gasteiger partial charge in [-0.2, -0.15) is 0 Å². The van der Waals surface area contributed by atoms with E-state index in [4.69, 9.17) is 0 Å². The summed E-state index contributed by atoms with van der Waals surface area (Å²) in [6.07, 6.45) is 1.70. The average Bonchev–Trinajstić information content (AvgIpc) is 2.22. The summed E-state index contributed by atoms with van der Waals surface area (Å²) in [7, 11) is 0. The van der Waals surface area contributed by atoms with Gasteiger partial charge in [0, 0.05) is 16.4 Å². The fraction of sp³-hybridized carbons (Fsp3) is 0.0833. The highest BCUT2D eigenvalue weighted by molar-refractivity contribution is 9.10. The summed E-state index contributed by atoms with van der Waals surface area (Å²) >= 11 is 3.34. The molecular weight excluding hydrogens is 271 g/mol. The summed E-state index contributed by atoms with van der Waals surface area (Å²) in [6.45, 7) is 1.94. The van der Waals surface area contributed by atoms with E-state index in [0.29, 0.717) is 5.69 Å². The van der Waals surface area contributed by atoms with Crippen molar-refractivity contribution >= 4 is 27.4 Å². The molecule has 0 aliphatic heterocycles. The minimum Gasteiger partial charge on any atom is -0.340 e. The first kappa shape index (κ1) is 11.1. The van der Waals surface area contributed by atoms with Gasteiger partial charge in [0.15, 0.2) is 0 Å². The molecule has 0 radical (unpaired) electrons. The molecule has 0 saturated heterocycles. The molecule has 0 atom stereocenters.